The van der Waals surface area contributed by atoms with E-state index in [9.17, 15) is 0 Å². The Bertz CT molecular complexity index is 6.85. The third-order valence-electron chi connectivity index (χ3n) is 0. The maximum Gasteiger partial charge on any atom is 2.00 e. The molecule has 30 valence electrons. The fourth-order valence-electron chi connectivity index (χ4n) is 0. The van der Waals surface area contributed by atoms with Crippen molar-refractivity contribution < 1.29 is 40.5 Å². The van der Waals surface area contributed by atoms with Gasteiger partial charge in [0.1, 0.15) is 0 Å². The Labute approximate surface area is 80.2 Å². The molecule has 0 saturated carbocycles. The van der Waals surface area contributed by atoms with E-state index in [1.165, 1.54) is 0 Å². The van der Waals surface area contributed by atoms with Crippen LogP contribution in [0, 0.1) is 0 Å². The van der Waals surface area contributed by atoms with Crippen LogP contribution in [0.25, 0.3) is 0 Å². The predicted molar refractivity (Wildman–Crippen MR) is 22.1 cm³/mol. The van der Waals surface area contributed by atoms with Crippen molar-refractivity contribution in [1.29, 1.82) is 0 Å². The smallest absolute Gasteiger partial charge is 2.00 e. The predicted octanol–water partition coefficient (Wildman–Crippen LogP) is -0.0122. The summed E-state index contributed by atoms with van der Waals surface area (Å²) >= 11 is 0. The molecule has 0 atom stereocenters. The van der Waals surface area contributed by atoms with Crippen molar-refractivity contribution in [3.8, 4) is 0 Å². The Balaban J connectivity index is 0. The minimum Gasteiger partial charge on any atom is -2.00 e. The van der Waals surface area contributed by atoms with Crippen LogP contribution in [0.4, 0.5) is 0 Å². The number of rotatable bonds is 0. The molecule has 0 aromatic carbocycles. The van der Waals surface area contributed by atoms with Crippen LogP contribution in [-0.4, -0.2) is 0 Å². The van der Waals surface area contributed by atoms with Gasteiger partial charge in [0.05, 0.1) is 0 Å². The zero-order valence-electron chi connectivity index (χ0n) is 2.34. The molecule has 0 nitrogen and oxygen atoms in total. The second-order valence-electron chi connectivity index (χ2n) is 0. The van der Waals surface area contributed by atoms with Gasteiger partial charge in [-0.3, -0.25) is 0 Å². The van der Waals surface area contributed by atoms with Gasteiger partial charge in [0.2, 0.25) is 0 Å². The summed E-state index contributed by atoms with van der Waals surface area (Å²) in [6.07, 6.45) is 0. The Hall–Kier alpha value is 2.36. The maximum atomic E-state index is 0. The molecule has 0 unspecified atom stereocenters. The van der Waals surface area contributed by atoms with Gasteiger partial charge in [-0.05, 0) is 0 Å². The minimum absolute atomic E-state index is 0. The quantitative estimate of drug-likeness (QED) is 0.542. The summed E-state index contributed by atoms with van der Waals surface area (Å²) in [5.74, 6) is 0. The summed E-state index contributed by atoms with van der Waals surface area (Å²) in [5.41, 5.74) is 0. The zero-order valence-corrected chi connectivity index (χ0v) is 10.7. The van der Waals surface area contributed by atoms with Crippen molar-refractivity contribution in [3.63, 3.8) is 0 Å². The Morgan fingerprint density at radius 3 is 0.600 bits per heavy atom. The van der Waals surface area contributed by atoms with Crippen LogP contribution >= 0.6 is 0 Å². The van der Waals surface area contributed by atoms with Gasteiger partial charge in [-0.25, -0.2) is 0 Å². The first-order valence-electron chi connectivity index (χ1n) is 0. The summed E-state index contributed by atoms with van der Waals surface area (Å²) in [6.45, 7) is 0. The Kier molecular flexibility index (Phi) is 350. The second-order valence-corrected chi connectivity index (χ2v) is 0. The molecule has 0 heterocycles. The first-order valence-corrected chi connectivity index (χ1v) is 0. The molecule has 0 saturated heterocycles. The van der Waals surface area contributed by atoms with E-state index in [2.05, 4.69) is 0 Å². The van der Waals surface area contributed by atoms with Crippen molar-refractivity contribution in [2.75, 3.05) is 0 Å². The van der Waals surface area contributed by atoms with Crippen LogP contribution in [0.15, 0.2) is 0 Å². The van der Waals surface area contributed by atoms with E-state index in [0.717, 1.165) is 0 Å². The zero-order chi connectivity index (χ0) is 0. The van der Waals surface area contributed by atoms with Gasteiger partial charge >= 0.3 is 19.5 Å². The third kappa shape index (κ3) is 21.7. The summed E-state index contributed by atoms with van der Waals surface area (Å²) in [7, 11) is 0. The van der Waals surface area contributed by atoms with E-state index in [1.807, 2.05) is 0 Å². The van der Waals surface area contributed by atoms with Crippen LogP contribution in [0.5, 0.6) is 0 Å². The average molecular weight is 345 g/mol. The van der Waals surface area contributed by atoms with Crippen LogP contribution in [0.2, 0.25) is 0 Å². The normalized spacial score (nSPS) is 0. The molecule has 0 amide bonds. The van der Waals surface area contributed by atoms with E-state index in [1.54, 1.807) is 0 Å². The monoisotopic (exact) mass is 344 g/mol. The van der Waals surface area contributed by atoms with Gasteiger partial charge in [0.25, 0.3) is 0 Å². The van der Waals surface area contributed by atoms with Crippen LogP contribution in [0.1, 0.15) is 0 Å². The molecule has 0 radical (unpaired) electrons. The van der Waals surface area contributed by atoms with Gasteiger partial charge in [0.15, 0.2) is 0 Å². The van der Waals surface area contributed by atoms with E-state index < -0.39 is 0 Å². The van der Waals surface area contributed by atoms with Crippen LogP contribution < -0.4 is 0 Å². The van der Waals surface area contributed by atoms with Crippen LogP contribution in [-0.2, 0) is 81.0 Å². The molecule has 0 aliphatic rings. The second kappa shape index (κ2) is 32.8. The first kappa shape index (κ1) is 53.4. The molecule has 0 aromatic rings. The molecular weight excluding hydrogens is 345 g/mol. The molecule has 5 heavy (non-hydrogen) atoms. The summed E-state index contributed by atoms with van der Waals surface area (Å²) in [6, 6.07) is 0. The molecule has 0 rings (SSSR count). The van der Waals surface area contributed by atoms with Gasteiger partial charge in [0, 0.05) is 21.1 Å². The summed E-state index contributed by atoms with van der Waals surface area (Å²) in [5, 5.41) is 0. The van der Waals surface area contributed by atoms with Crippen LogP contribution in [0.3, 0.4) is 0 Å². The number of hydrogen-bond acceptors (Lipinski definition) is 0. The Morgan fingerprint density at radius 2 is 0.600 bits per heavy atom. The van der Waals surface area contributed by atoms with Gasteiger partial charge in [-0.15, -0.1) is 0 Å². The van der Waals surface area contributed by atoms with Crippen molar-refractivity contribution >= 4 is 40.5 Å². The molecule has 5 heteroatoms. The van der Waals surface area contributed by atoms with E-state index in [-0.39, 0.29) is 81.0 Å². The standard InChI is InChI=1S/3S.W.Zn/q3*-2;;+2. The third-order valence-corrected chi connectivity index (χ3v) is 0. The molecule has 0 fully saturated rings. The van der Waals surface area contributed by atoms with E-state index in [4.69, 9.17) is 0 Å². The molecule has 0 aliphatic carbocycles. The van der Waals surface area contributed by atoms with Crippen molar-refractivity contribution in [2.24, 2.45) is 0 Å². The summed E-state index contributed by atoms with van der Waals surface area (Å²) < 4.78 is 0. The van der Waals surface area contributed by atoms with Crippen molar-refractivity contribution in [2.45, 2.75) is 0 Å². The fourth-order valence-corrected chi connectivity index (χ4v) is 0. The topological polar surface area (TPSA) is 0 Å². The molecule has 0 N–H and O–H groups in total. The fraction of sp³-hybridized carbons (Fsp3) is 0. The number of hydrogen-bond donors (Lipinski definition) is 0. The molecular formula is S3WZn-4. The molecule has 0 aromatic heterocycles. The van der Waals surface area contributed by atoms with E-state index in [0.29, 0.717) is 0 Å². The van der Waals surface area contributed by atoms with Crippen molar-refractivity contribution in [3.05, 3.63) is 0 Å². The molecule has 0 spiro atoms. The maximum absolute atomic E-state index is 0. The molecule has 0 bridgehead atoms. The van der Waals surface area contributed by atoms with Crippen molar-refractivity contribution in [1.82, 2.24) is 0 Å². The average Bonchev–Trinajstić information content (AvgIpc) is 0. The molecule has 0 aliphatic heterocycles. The SMILES string of the molecule is [S-2].[S-2].[S-2].[W].[Zn+2]. The summed E-state index contributed by atoms with van der Waals surface area (Å²) in [4.78, 5) is 0. The minimum atomic E-state index is 0. The Morgan fingerprint density at radius 1 is 0.600 bits per heavy atom. The van der Waals surface area contributed by atoms with Gasteiger partial charge in [-0.2, -0.15) is 0 Å². The first-order chi connectivity index (χ1) is 0. The van der Waals surface area contributed by atoms with Gasteiger partial charge < -0.3 is 40.5 Å². The van der Waals surface area contributed by atoms with E-state index >= 15 is 0 Å². The largest absolute Gasteiger partial charge is 2.00 e. The van der Waals surface area contributed by atoms with Gasteiger partial charge in [-0.1, -0.05) is 0 Å².